The fraction of sp³-hybridized carbons (Fsp3) is 0.400. The Labute approximate surface area is 158 Å². The van der Waals surface area contributed by atoms with Crippen molar-refractivity contribution in [1.82, 2.24) is 0 Å². The summed E-state index contributed by atoms with van der Waals surface area (Å²) in [7, 11) is -2.19. The zero-order valence-corrected chi connectivity index (χ0v) is 17.9. The molecule has 1 aliphatic heterocycles. The normalized spacial score (nSPS) is 12.7. The van der Waals surface area contributed by atoms with Crippen LogP contribution >= 0.6 is 15.9 Å². The Morgan fingerprint density at radius 3 is 2.04 bits per heavy atom. The first-order valence-corrected chi connectivity index (χ1v) is 12.1. The molecule has 1 aliphatic rings. The summed E-state index contributed by atoms with van der Waals surface area (Å²) in [6.07, 6.45) is -0.316. The van der Waals surface area contributed by atoms with Gasteiger partial charge in [0.1, 0.15) is 21.7 Å². The highest BCUT2D eigenvalue weighted by Crippen LogP contribution is 2.44. The first-order valence-electron chi connectivity index (χ1n) is 8.89. The summed E-state index contributed by atoms with van der Waals surface area (Å²) in [5.74, 6) is 1.27. The molecular weight excluding hydrogens is 366 g/mol. The summed E-state index contributed by atoms with van der Waals surface area (Å²) in [6, 6.07) is 16.6. The van der Waals surface area contributed by atoms with Gasteiger partial charge in [0.2, 0.25) is 0 Å². The van der Waals surface area contributed by atoms with Gasteiger partial charge in [-0.25, -0.2) is 0 Å². The first kappa shape index (κ1) is 22.9. The van der Waals surface area contributed by atoms with E-state index in [-0.39, 0.29) is 18.6 Å². The van der Waals surface area contributed by atoms with Crippen LogP contribution in [0.15, 0.2) is 48.5 Å². The van der Waals surface area contributed by atoms with Crippen molar-refractivity contribution in [2.75, 3.05) is 18.9 Å². The van der Waals surface area contributed by atoms with Gasteiger partial charge in [-0.15, -0.1) is 0 Å². The van der Waals surface area contributed by atoms with E-state index in [1.807, 2.05) is 45.9 Å². The van der Waals surface area contributed by atoms with Crippen LogP contribution in [0.3, 0.4) is 0 Å². The Morgan fingerprint density at radius 1 is 0.962 bits per heavy atom. The highest BCUT2D eigenvalue weighted by Gasteiger charge is 2.20. The Balaban J connectivity index is 0.000000252. The second kappa shape index (κ2) is 11.5. The first-order chi connectivity index (χ1) is 12.5. The van der Waals surface area contributed by atoms with Crippen LogP contribution in [-0.2, 0) is 4.57 Å². The van der Waals surface area contributed by atoms with Crippen LogP contribution in [0.4, 0.5) is 0 Å². The summed E-state index contributed by atoms with van der Waals surface area (Å²) in [5, 5.41) is 18.5. The second-order valence-electron chi connectivity index (χ2n) is 6.16. The van der Waals surface area contributed by atoms with Crippen LogP contribution < -0.4 is 9.83 Å². The third-order valence-corrected chi connectivity index (χ3v) is 6.99. The molecule has 26 heavy (non-hydrogen) atoms. The zero-order valence-electron chi connectivity index (χ0n) is 16.0. The maximum absolute atomic E-state index is 11.3. The van der Waals surface area contributed by atoms with E-state index in [0.29, 0.717) is 15.0 Å². The highest BCUT2D eigenvalue weighted by molar-refractivity contribution is 7.63. The standard InChI is InChI=1S/C12H9OP.C6H15O3P.C2H6/c1-3-7-11-9(5-1)10-6-2-4-8-12(10)14-13-11;1-6(2)3-10(9,4-7)5-8;1-2/h1-8,14H;6-8H,3-5H2,1-2H3;1-2H3. The Hall–Kier alpha value is -1.18. The monoisotopic (exact) mass is 396 g/mol. The summed E-state index contributed by atoms with van der Waals surface area (Å²) in [6.45, 7) is 7.83. The molecule has 0 saturated heterocycles. The molecular formula is C20H30O4P2. The van der Waals surface area contributed by atoms with E-state index < -0.39 is 7.14 Å². The minimum absolute atomic E-state index is 0.269. The van der Waals surface area contributed by atoms with Gasteiger partial charge < -0.3 is 19.3 Å². The molecule has 1 atom stereocenters. The number of aliphatic hydroxyl groups excluding tert-OH is 2. The van der Waals surface area contributed by atoms with Crippen molar-refractivity contribution >= 4 is 21.3 Å². The molecule has 0 spiro atoms. The van der Waals surface area contributed by atoms with Gasteiger partial charge in [-0.3, -0.25) is 0 Å². The quantitative estimate of drug-likeness (QED) is 0.722. The minimum Gasteiger partial charge on any atom is -0.472 e. The van der Waals surface area contributed by atoms with Crippen molar-refractivity contribution in [3.63, 3.8) is 0 Å². The summed E-state index contributed by atoms with van der Waals surface area (Å²) in [4.78, 5) is 0. The lowest BCUT2D eigenvalue weighted by atomic mass is 10.0. The molecule has 1 heterocycles. The number of rotatable bonds is 4. The van der Waals surface area contributed by atoms with Crippen LogP contribution in [0.1, 0.15) is 27.7 Å². The third-order valence-electron chi connectivity index (χ3n) is 3.59. The van der Waals surface area contributed by atoms with Crippen LogP contribution in [-0.4, -0.2) is 29.1 Å². The van der Waals surface area contributed by atoms with Crippen LogP contribution in [0.25, 0.3) is 11.1 Å². The van der Waals surface area contributed by atoms with Gasteiger partial charge in [0.05, 0.1) is 12.7 Å². The smallest absolute Gasteiger partial charge is 0.136 e. The lowest BCUT2D eigenvalue weighted by Gasteiger charge is -2.19. The number of fused-ring (bicyclic) bond motifs is 3. The van der Waals surface area contributed by atoms with E-state index in [9.17, 15) is 4.57 Å². The Kier molecular flexibility index (Phi) is 10.1. The lowest BCUT2D eigenvalue weighted by molar-refractivity contribution is 0.323. The number of hydrogen-bond acceptors (Lipinski definition) is 4. The van der Waals surface area contributed by atoms with E-state index in [2.05, 4.69) is 30.3 Å². The van der Waals surface area contributed by atoms with Gasteiger partial charge in [0.25, 0.3) is 0 Å². The molecule has 1 unspecified atom stereocenters. The predicted octanol–water partition coefficient (Wildman–Crippen LogP) is 4.90. The molecule has 0 saturated carbocycles. The molecule has 2 aromatic rings. The van der Waals surface area contributed by atoms with Gasteiger partial charge in [0, 0.05) is 17.0 Å². The highest BCUT2D eigenvalue weighted by atomic mass is 31.2. The molecule has 6 heteroatoms. The second-order valence-corrected chi connectivity index (χ2v) is 10.2. The van der Waals surface area contributed by atoms with Gasteiger partial charge in [-0.2, -0.15) is 0 Å². The average molecular weight is 396 g/mol. The molecule has 0 aromatic heterocycles. The van der Waals surface area contributed by atoms with Crippen molar-refractivity contribution in [3.05, 3.63) is 48.5 Å². The van der Waals surface area contributed by atoms with Gasteiger partial charge in [-0.1, -0.05) is 70.2 Å². The molecule has 3 rings (SSSR count). The molecule has 2 N–H and O–H groups in total. The molecule has 0 fully saturated rings. The lowest BCUT2D eigenvalue weighted by Crippen LogP contribution is -2.06. The van der Waals surface area contributed by atoms with E-state index in [0.717, 1.165) is 5.75 Å². The number of benzene rings is 2. The summed E-state index contributed by atoms with van der Waals surface area (Å²) in [5.41, 5.74) is 2.52. The largest absolute Gasteiger partial charge is 0.472 e. The van der Waals surface area contributed by atoms with Crippen molar-refractivity contribution in [2.45, 2.75) is 27.7 Å². The fourth-order valence-electron chi connectivity index (χ4n) is 2.52. The number of hydrogen-bond donors (Lipinski definition) is 2. The molecule has 4 nitrogen and oxygen atoms in total. The Bertz CT molecular complexity index is 663. The van der Waals surface area contributed by atoms with Gasteiger partial charge in [-0.05, 0) is 17.5 Å². The van der Waals surface area contributed by atoms with Crippen molar-refractivity contribution in [3.8, 4) is 16.9 Å². The van der Waals surface area contributed by atoms with E-state index in [1.165, 1.54) is 16.4 Å². The maximum Gasteiger partial charge on any atom is 0.136 e. The molecule has 144 valence electrons. The van der Waals surface area contributed by atoms with Crippen molar-refractivity contribution < 1.29 is 19.3 Å². The summed E-state index contributed by atoms with van der Waals surface area (Å²) >= 11 is 0. The van der Waals surface area contributed by atoms with E-state index >= 15 is 0 Å². The van der Waals surface area contributed by atoms with E-state index in [4.69, 9.17) is 14.7 Å². The SMILES string of the molecule is CC.CC(C)CP(=O)(CO)CO.c1ccc2c(c1)OPc1ccccc1-2. The van der Waals surface area contributed by atoms with Crippen LogP contribution in [0.2, 0.25) is 0 Å². The molecule has 2 aromatic carbocycles. The average Bonchev–Trinajstić information content (AvgIpc) is 2.69. The Morgan fingerprint density at radius 2 is 1.50 bits per heavy atom. The zero-order chi connectivity index (χ0) is 19.6. The molecule has 0 aliphatic carbocycles. The predicted molar refractivity (Wildman–Crippen MR) is 113 cm³/mol. The maximum atomic E-state index is 11.3. The third kappa shape index (κ3) is 6.52. The number of aliphatic hydroxyl groups is 2. The van der Waals surface area contributed by atoms with Crippen molar-refractivity contribution in [2.24, 2.45) is 5.92 Å². The van der Waals surface area contributed by atoms with Crippen LogP contribution in [0.5, 0.6) is 5.75 Å². The minimum atomic E-state index is -2.63. The molecule has 0 amide bonds. The topological polar surface area (TPSA) is 66.8 Å². The van der Waals surface area contributed by atoms with E-state index in [1.54, 1.807) is 0 Å². The van der Waals surface area contributed by atoms with Gasteiger partial charge >= 0.3 is 0 Å². The fourth-order valence-corrected chi connectivity index (χ4v) is 5.06. The summed E-state index contributed by atoms with van der Waals surface area (Å²) < 4.78 is 16.9. The van der Waals surface area contributed by atoms with Crippen LogP contribution in [0, 0.1) is 5.92 Å². The molecule has 0 radical (unpaired) electrons. The van der Waals surface area contributed by atoms with Gasteiger partial charge in [0.15, 0.2) is 0 Å². The van der Waals surface area contributed by atoms with Crippen molar-refractivity contribution in [1.29, 1.82) is 0 Å². The number of para-hydroxylation sites is 1. The molecule has 0 bridgehead atoms.